The molecule has 0 aliphatic heterocycles. The summed E-state index contributed by atoms with van der Waals surface area (Å²) in [5, 5.41) is 0. The third kappa shape index (κ3) is 29700. The zero-order valence-electron chi connectivity index (χ0n) is 6.81. The number of hydrogen-bond donors (Lipinski definition) is 2. The van der Waals surface area contributed by atoms with Gasteiger partial charge in [-0.2, -0.15) is 28.0 Å². The average Bonchev–Trinajstić information content (AvgIpc) is 1.12. The van der Waals surface area contributed by atoms with Gasteiger partial charge in [-0.05, 0) is 0 Å². The van der Waals surface area contributed by atoms with Crippen molar-refractivity contribution < 1.29 is 79.7 Å². The van der Waals surface area contributed by atoms with Crippen LogP contribution in [0.25, 0.3) is 0 Å². The molecule has 0 amide bonds. The summed E-state index contributed by atoms with van der Waals surface area (Å²) in [5.74, 6) is 0. The normalized spacial score (nSPS) is 8.00. The van der Waals surface area contributed by atoms with Crippen molar-refractivity contribution in [2.24, 2.45) is 0 Å². The van der Waals surface area contributed by atoms with Gasteiger partial charge >= 0.3 is 0 Å². The van der Waals surface area contributed by atoms with Crippen LogP contribution in [0.5, 0.6) is 0 Å². The molecular formula is H10BeCl2O12. The molecule has 15 heavy (non-hydrogen) atoms. The minimum atomic E-state index is -4.69. The van der Waals surface area contributed by atoms with Crippen molar-refractivity contribution >= 4 is 10.1 Å². The van der Waals surface area contributed by atoms with Crippen LogP contribution in [-0.4, -0.2) is 41.3 Å². The second-order valence-corrected chi connectivity index (χ2v) is 2.38. The molecule has 0 fully saturated rings. The zero-order valence-corrected chi connectivity index (χ0v) is 8.32. The van der Waals surface area contributed by atoms with Gasteiger partial charge in [-0.25, -0.2) is 0 Å². The van der Waals surface area contributed by atoms with Crippen molar-refractivity contribution in [2.45, 2.75) is 0 Å². The molecule has 12 nitrogen and oxygen atoms in total. The summed E-state index contributed by atoms with van der Waals surface area (Å²) in [7, 11) is -9.39. The molecule has 0 bridgehead atoms. The Labute approximate surface area is 90.5 Å². The van der Waals surface area contributed by atoms with Gasteiger partial charge in [-0.3, -0.25) is 0 Å². The molecule has 0 aromatic rings. The Kier molecular flexibility index (Phi) is 50.6. The Morgan fingerprint density at radius 3 is 0.533 bits per heavy atom. The Hall–Kier alpha value is 0.269. The van der Waals surface area contributed by atoms with E-state index in [2.05, 4.69) is 0 Å². The van der Waals surface area contributed by atoms with Crippen LogP contribution in [0, 0.1) is 20.5 Å². The van der Waals surface area contributed by atoms with Crippen molar-refractivity contribution in [1.29, 1.82) is 0 Å². The molecule has 0 aromatic carbocycles. The van der Waals surface area contributed by atoms with Crippen LogP contribution in [-0.2, 0) is 0 Å². The molecule has 0 aliphatic carbocycles. The van der Waals surface area contributed by atoms with E-state index in [-0.39, 0.29) is 32.0 Å². The Morgan fingerprint density at radius 2 is 0.533 bits per heavy atom. The molecule has 0 atom stereocenters. The Morgan fingerprint density at radius 1 is 0.533 bits per heavy atom. The fourth-order valence-electron chi connectivity index (χ4n) is 0. The van der Waals surface area contributed by atoms with Gasteiger partial charge in [0.2, 0.25) is 0 Å². The van der Waals surface area contributed by atoms with Crippen LogP contribution in [0.4, 0.5) is 0 Å². The van der Waals surface area contributed by atoms with Crippen molar-refractivity contribution in [1.82, 2.24) is 0 Å². The molecule has 0 unspecified atom stereocenters. The van der Waals surface area contributed by atoms with Crippen LogP contribution >= 0.6 is 0 Å². The maximum absolute atomic E-state index is 8.60. The fourth-order valence-corrected chi connectivity index (χ4v) is 0. The Balaban J connectivity index is -0.0000000128. The molecule has 98 valence electrons. The molecule has 10 N–H and O–H groups in total. The summed E-state index contributed by atoms with van der Waals surface area (Å²) >= 11 is 0. The van der Waals surface area contributed by atoms with Gasteiger partial charge in [0, 0.05) is 10.1 Å². The molecule has 0 saturated heterocycles. The van der Waals surface area contributed by atoms with E-state index in [1.807, 2.05) is 0 Å². The SMILES string of the molecule is O.O.O.O.[Be].[O-][Cl+3]([O-])([O-])O.[O-][Cl+3]([O-])([O-])O. The van der Waals surface area contributed by atoms with Crippen LogP contribution in [0.1, 0.15) is 0 Å². The van der Waals surface area contributed by atoms with Gasteiger partial charge in [-0.15, -0.1) is 0 Å². The summed E-state index contributed by atoms with van der Waals surface area (Å²) < 4.78 is 65.4. The smallest absolute Gasteiger partial charge is 0.0777 e. The number of halogens is 2. The zero-order chi connectivity index (χ0) is 9.00. The van der Waals surface area contributed by atoms with E-state index in [1.165, 1.54) is 0 Å². The minimum absolute atomic E-state index is 0. The summed E-state index contributed by atoms with van der Waals surface area (Å²) in [6.45, 7) is 0. The molecule has 15 heteroatoms. The quantitative estimate of drug-likeness (QED) is 0.400. The van der Waals surface area contributed by atoms with Gasteiger partial charge in [0.25, 0.3) is 0 Å². The summed E-state index contributed by atoms with van der Waals surface area (Å²) in [6, 6.07) is 0. The molecule has 0 aliphatic rings. The first-order chi connectivity index (χ1) is 4.00. The van der Waals surface area contributed by atoms with E-state index in [1.54, 1.807) is 0 Å². The van der Waals surface area contributed by atoms with Crippen LogP contribution in [0.2, 0.25) is 0 Å². The first-order valence-corrected chi connectivity index (χ1v) is 3.79. The van der Waals surface area contributed by atoms with Gasteiger partial charge < -0.3 is 21.9 Å². The molecule has 0 rings (SSSR count). The van der Waals surface area contributed by atoms with E-state index in [0.29, 0.717) is 0 Å². The van der Waals surface area contributed by atoms with Crippen LogP contribution in [0.3, 0.4) is 0 Å². The standard InChI is InChI=1S/Be.2ClHO4.4H2O/c;2*2-1(3,4)5;;;;/h;2*(H,2,3,4,5);4*1H2. The molecule has 0 heterocycles. The van der Waals surface area contributed by atoms with Crippen molar-refractivity contribution in [3.63, 3.8) is 0 Å². The maximum atomic E-state index is 8.60. The second-order valence-electron chi connectivity index (χ2n) is 0.792. The van der Waals surface area contributed by atoms with Crippen molar-refractivity contribution in [2.75, 3.05) is 0 Å². The topological polar surface area (TPSA) is 305 Å². The van der Waals surface area contributed by atoms with E-state index in [4.69, 9.17) is 37.3 Å². The molecule has 0 aromatic heterocycles. The Bertz CT molecular complexity index is 56.6. The van der Waals surface area contributed by atoms with Crippen molar-refractivity contribution in [3.8, 4) is 0 Å². The first-order valence-electron chi connectivity index (χ1n) is 1.26. The van der Waals surface area contributed by atoms with Gasteiger partial charge in [0.15, 0.2) is 0 Å². The third-order valence-corrected chi connectivity index (χ3v) is 0. The predicted molar refractivity (Wildman–Crippen MR) is 24.6 cm³/mol. The van der Waals surface area contributed by atoms with Gasteiger partial charge in [0.05, 0.1) is 29.8 Å². The molecule has 0 saturated carbocycles. The monoisotopic (exact) mass is 281 g/mol. The van der Waals surface area contributed by atoms with Gasteiger partial charge in [-0.1, -0.05) is 0 Å². The third-order valence-electron chi connectivity index (χ3n) is 0. The van der Waals surface area contributed by atoms with Gasteiger partial charge in [0.1, 0.15) is 0 Å². The van der Waals surface area contributed by atoms with Crippen LogP contribution in [0.15, 0.2) is 0 Å². The van der Waals surface area contributed by atoms with Crippen molar-refractivity contribution in [3.05, 3.63) is 0 Å². The largest absolute Gasteiger partial charge is 0.412 e. The summed E-state index contributed by atoms with van der Waals surface area (Å²) in [5.41, 5.74) is 0. The summed E-state index contributed by atoms with van der Waals surface area (Å²) in [4.78, 5) is 0. The summed E-state index contributed by atoms with van der Waals surface area (Å²) in [6.07, 6.45) is 0. The first kappa shape index (κ1) is 45.5. The average molecular weight is 282 g/mol. The molecular weight excluding hydrogens is 272 g/mol. The number of hydrogen-bond acceptors (Lipinski definition) is 8. The van der Waals surface area contributed by atoms with E-state index < -0.39 is 20.5 Å². The predicted octanol–water partition coefficient (Wildman–Crippen LogP) is -11.9. The van der Waals surface area contributed by atoms with E-state index >= 15 is 0 Å². The molecule has 2 radical (unpaired) electrons. The molecule has 0 spiro atoms. The number of rotatable bonds is 0. The van der Waals surface area contributed by atoms with E-state index in [0.717, 1.165) is 0 Å². The minimum Gasteiger partial charge on any atom is -0.412 e. The second kappa shape index (κ2) is 16.7. The van der Waals surface area contributed by atoms with Crippen LogP contribution < -0.4 is 28.0 Å². The fraction of sp³-hybridized carbons (Fsp3) is 0. The van der Waals surface area contributed by atoms with E-state index in [9.17, 15) is 0 Å². The maximum Gasteiger partial charge on any atom is 0.0777 e.